The molecule has 4 nitrogen and oxygen atoms in total. The van der Waals surface area contributed by atoms with Gasteiger partial charge in [-0.3, -0.25) is 0 Å². The summed E-state index contributed by atoms with van der Waals surface area (Å²) in [6.45, 7) is 1.98. The lowest BCUT2D eigenvalue weighted by atomic mass is 9.47. The van der Waals surface area contributed by atoms with E-state index in [-0.39, 0.29) is 5.41 Å². The standard InChI is InChI=1S/C27H28O4/c1-15-8-19(26(28)29)6-7-20(15)25-24(23-21(30-2)4-3-5-22(23)31-25)27-12-16-9-17(13-27)11-18(10-16)14-27/h3-8,16-18H,9-14H2,1-2H3,(H,28,29). The topological polar surface area (TPSA) is 59.7 Å². The average Bonchev–Trinajstić information content (AvgIpc) is 3.13. The van der Waals surface area contributed by atoms with Gasteiger partial charge in [-0.15, -0.1) is 0 Å². The average molecular weight is 417 g/mol. The van der Waals surface area contributed by atoms with E-state index in [1.807, 2.05) is 31.2 Å². The first kappa shape index (κ1) is 19.0. The second kappa shape index (κ2) is 6.62. The van der Waals surface area contributed by atoms with Crippen molar-refractivity contribution >= 4 is 16.9 Å². The van der Waals surface area contributed by atoms with Gasteiger partial charge in [-0.2, -0.15) is 0 Å². The maximum Gasteiger partial charge on any atom is 0.335 e. The number of hydrogen-bond donors (Lipinski definition) is 1. The number of rotatable bonds is 4. The van der Waals surface area contributed by atoms with Gasteiger partial charge in [0.2, 0.25) is 0 Å². The van der Waals surface area contributed by atoms with E-state index >= 15 is 0 Å². The number of methoxy groups -OCH3 is 1. The molecule has 0 spiro atoms. The van der Waals surface area contributed by atoms with Crippen molar-refractivity contribution in [1.82, 2.24) is 0 Å². The lowest BCUT2D eigenvalue weighted by molar-refractivity contribution is -0.00454. The zero-order chi connectivity index (χ0) is 21.3. The molecule has 4 aliphatic rings. The molecule has 0 amide bonds. The number of ether oxygens (including phenoxy) is 1. The molecule has 0 saturated heterocycles. The number of hydrogen-bond acceptors (Lipinski definition) is 3. The number of aryl methyl sites for hydroxylation is 1. The predicted octanol–water partition coefficient (Wildman–Crippen LogP) is 6.58. The highest BCUT2D eigenvalue weighted by molar-refractivity contribution is 5.95. The Morgan fingerprint density at radius 2 is 1.74 bits per heavy atom. The van der Waals surface area contributed by atoms with Gasteiger partial charge in [0, 0.05) is 16.5 Å². The zero-order valence-corrected chi connectivity index (χ0v) is 18.1. The zero-order valence-electron chi connectivity index (χ0n) is 18.1. The molecule has 0 atom stereocenters. The second-order valence-electron chi connectivity index (χ2n) is 10.2. The first-order valence-electron chi connectivity index (χ1n) is 11.4. The summed E-state index contributed by atoms with van der Waals surface area (Å²) >= 11 is 0. The fraction of sp³-hybridized carbons (Fsp3) is 0.444. The van der Waals surface area contributed by atoms with Crippen LogP contribution >= 0.6 is 0 Å². The SMILES string of the molecule is COc1cccc2oc(-c3ccc(C(=O)O)cc3C)c(C34CC5CC(CC(C5)C3)C4)c12. The smallest absolute Gasteiger partial charge is 0.335 e. The van der Waals surface area contributed by atoms with Crippen LogP contribution < -0.4 is 4.74 Å². The van der Waals surface area contributed by atoms with Crippen molar-refractivity contribution in [3.8, 4) is 17.1 Å². The second-order valence-corrected chi connectivity index (χ2v) is 10.2. The summed E-state index contributed by atoms with van der Waals surface area (Å²) in [6, 6.07) is 11.4. The van der Waals surface area contributed by atoms with Crippen LogP contribution in [0.2, 0.25) is 0 Å². The molecule has 1 heterocycles. The molecule has 0 aliphatic heterocycles. The van der Waals surface area contributed by atoms with Gasteiger partial charge >= 0.3 is 5.97 Å². The van der Waals surface area contributed by atoms with Crippen LogP contribution in [0.4, 0.5) is 0 Å². The number of aromatic carboxylic acids is 1. The van der Waals surface area contributed by atoms with Crippen LogP contribution in [0.1, 0.15) is 60.0 Å². The van der Waals surface area contributed by atoms with Crippen molar-refractivity contribution in [2.75, 3.05) is 7.11 Å². The van der Waals surface area contributed by atoms with Crippen molar-refractivity contribution in [3.05, 3.63) is 53.1 Å². The van der Waals surface area contributed by atoms with Crippen LogP contribution in [0.5, 0.6) is 5.75 Å². The molecule has 31 heavy (non-hydrogen) atoms. The Hall–Kier alpha value is -2.75. The molecular weight excluding hydrogens is 388 g/mol. The molecule has 4 aliphatic carbocycles. The summed E-state index contributed by atoms with van der Waals surface area (Å²) in [5.41, 5.74) is 4.54. The van der Waals surface area contributed by atoms with E-state index in [1.165, 1.54) is 44.1 Å². The first-order valence-corrected chi connectivity index (χ1v) is 11.4. The molecule has 4 fully saturated rings. The molecule has 160 valence electrons. The van der Waals surface area contributed by atoms with Gasteiger partial charge in [-0.25, -0.2) is 4.79 Å². The van der Waals surface area contributed by atoms with Crippen LogP contribution in [0.3, 0.4) is 0 Å². The highest BCUT2D eigenvalue weighted by Crippen LogP contribution is 2.63. The van der Waals surface area contributed by atoms with Gasteiger partial charge in [0.25, 0.3) is 0 Å². The molecule has 4 bridgehead atoms. The summed E-state index contributed by atoms with van der Waals surface area (Å²) < 4.78 is 12.4. The minimum absolute atomic E-state index is 0.127. The Morgan fingerprint density at radius 3 is 2.32 bits per heavy atom. The quantitative estimate of drug-likeness (QED) is 0.522. The summed E-state index contributed by atoms with van der Waals surface area (Å²) in [4.78, 5) is 11.5. The molecule has 0 radical (unpaired) electrons. The molecule has 4 heteroatoms. The van der Waals surface area contributed by atoms with Crippen LogP contribution in [0.25, 0.3) is 22.3 Å². The van der Waals surface area contributed by atoms with E-state index in [0.29, 0.717) is 5.56 Å². The van der Waals surface area contributed by atoms with E-state index in [1.54, 1.807) is 19.2 Å². The maximum absolute atomic E-state index is 11.5. The minimum Gasteiger partial charge on any atom is -0.496 e. The maximum atomic E-state index is 11.5. The van der Waals surface area contributed by atoms with E-state index in [2.05, 4.69) is 0 Å². The predicted molar refractivity (Wildman–Crippen MR) is 120 cm³/mol. The molecule has 0 unspecified atom stereocenters. The summed E-state index contributed by atoms with van der Waals surface area (Å²) in [5.74, 6) is 3.33. The minimum atomic E-state index is -0.901. The Labute approximate surface area is 182 Å². The van der Waals surface area contributed by atoms with Gasteiger partial charge in [0.1, 0.15) is 17.1 Å². The van der Waals surface area contributed by atoms with Crippen LogP contribution in [0, 0.1) is 24.7 Å². The molecule has 3 aromatic rings. The highest BCUT2D eigenvalue weighted by atomic mass is 16.5. The third kappa shape index (κ3) is 2.77. The molecule has 1 aromatic heterocycles. The van der Waals surface area contributed by atoms with Crippen molar-refractivity contribution < 1.29 is 19.1 Å². The van der Waals surface area contributed by atoms with E-state index in [0.717, 1.165) is 51.4 Å². The fourth-order valence-electron chi connectivity index (χ4n) is 7.45. The van der Waals surface area contributed by atoms with Gasteiger partial charge in [-0.1, -0.05) is 12.1 Å². The molecule has 2 aromatic carbocycles. The van der Waals surface area contributed by atoms with Crippen molar-refractivity contribution in [2.45, 2.75) is 50.9 Å². The van der Waals surface area contributed by atoms with Gasteiger partial charge in [0.05, 0.1) is 18.1 Å². The van der Waals surface area contributed by atoms with E-state index < -0.39 is 5.97 Å². The fourth-order valence-corrected chi connectivity index (χ4v) is 7.45. The summed E-state index contributed by atoms with van der Waals surface area (Å²) in [5, 5.41) is 10.5. The molecule has 1 N–H and O–H groups in total. The summed E-state index contributed by atoms with van der Waals surface area (Å²) in [7, 11) is 1.73. The van der Waals surface area contributed by atoms with Gasteiger partial charge in [-0.05, 0) is 93.0 Å². The Bertz CT molecular complexity index is 1170. The molecule has 4 saturated carbocycles. The normalized spacial score (nSPS) is 28.9. The van der Waals surface area contributed by atoms with Gasteiger partial charge < -0.3 is 14.3 Å². The van der Waals surface area contributed by atoms with E-state index in [9.17, 15) is 9.90 Å². The van der Waals surface area contributed by atoms with Crippen LogP contribution in [-0.4, -0.2) is 18.2 Å². The van der Waals surface area contributed by atoms with E-state index in [4.69, 9.17) is 9.15 Å². The highest BCUT2D eigenvalue weighted by Gasteiger charge is 2.54. The third-order valence-corrected chi connectivity index (χ3v) is 8.18. The van der Waals surface area contributed by atoms with Crippen LogP contribution in [0.15, 0.2) is 40.8 Å². The third-order valence-electron chi connectivity index (χ3n) is 8.18. The largest absolute Gasteiger partial charge is 0.496 e. The van der Waals surface area contributed by atoms with Crippen molar-refractivity contribution in [3.63, 3.8) is 0 Å². The van der Waals surface area contributed by atoms with Crippen molar-refractivity contribution in [2.24, 2.45) is 17.8 Å². The summed E-state index contributed by atoms with van der Waals surface area (Å²) in [6.07, 6.45) is 7.83. The van der Waals surface area contributed by atoms with Crippen LogP contribution in [-0.2, 0) is 5.41 Å². The Morgan fingerprint density at radius 1 is 1.06 bits per heavy atom. The lowest BCUT2D eigenvalue weighted by Crippen LogP contribution is -2.48. The number of furan rings is 1. The number of benzene rings is 2. The number of carboxylic acid groups (broad SMARTS) is 1. The monoisotopic (exact) mass is 416 g/mol. The molecule has 7 rings (SSSR count). The van der Waals surface area contributed by atoms with Gasteiger partial charge in [0.15, 0.2) is 0 Å². The first-order chi connectivity index (χ1) is 15.0. The number of fused-ring (bicyclic) bond motifs is 1. The number of carbonyl (C=O) groups is 1. The Kier molecular flexibility index (Phi) is 4.05. The van der Waals surface area contributed by atoms with Crippen molar-refractivity contribution in [1.29, 1.82) is 0 Å². The number of carboxylic acids is 1. The lowest BCUT2D eigenvalue weighted by Gasteiger charge is -2.57. The molecular formula is C27H28O4. The Balaban J connectivity index is 1.63.